The molecule has 8 heteroatoms. The normalized spacial score (nSPS) is 13.5. The molecular weight excluding hydrogens is 426 g/mol. The minimum atomic E-state index is -0.0915. The van der Waals surface area contributed by atoms with Gasteiger partial charge in [-0.2, -0.15) is 4.98 Å². The first kappa shape index (κ1) is 20.4. The number of nitrogens with zero attached hydrogens (tertiary/aromatic N) is 5. The van der Waals surface area contributed by atoms with Gasteiger partial charge >= 0.3 is 0 Å². The van der Waals surface area contributed by atoms with Crippen LogP contribution in [0.3, 0.4) is 0 Å². The number of benzene rings is 2. The third-order valence-electron chi connectivity index (χ3n) is 6.53. The van der Waals surface area contributed by atoms with E-state index in [4.69, 9.17) is 9.97 Å². The van der Waals surface area contributed by atoms with Crippen LogP contribution in [0.25, 0.3) is 27.8 Å². The van der Waals surface area contributed by atoms with Gasteiger partial charge in [0.25, 0.3) is 5.56 Å². The monoisotopic (exact) mass is 451 g/mol. The predicted octanol–water partition coefficient (Wildman–Crippen LogP) is 4.75. The summed E-state index contributed by atoms with van der Waals surface area (Å²) in [5.74, 6) is 2.91. The van der Waals surface area contributed by atoms with Gasteiger partial charge in [-0.25, -0.2) is 9.67 Å². The number of imidazole rings is 1. The first-order valence-corrected chi connectivity index (χ1v) is 11.4. The molecule has 8 nitrogen and oxygen atoms in total. The highest BCUT2D eigenvalue weighted by Crippen LogP contribution is 2.39. The molecule has 1 aliphatic carbocycles. The van der Waals surface area contributed by atoms with Crippen LogP contribution in [0.15, 0.2) is 59.7 Å². The number of hydrogen-bond donors (Lipinski definition) is 2. The van der Waals surface area contributed by atoms with Crippen LogP contribution in [-0.4, -0.2) is 29.3 Å². The molecule has 170 valence electrons. The molecule has 1 saturated carbocycles. The van der Waals surface area contributed by atoms with E-state index in [1.165, 1.54) is 18.5 Å². The van der Waals surface area contributed by atoms with Gasteiger partial charge in [-0.1, -0.05) is 0 Å². The fourth-order valence-electron chi connectivity index (χ4n) is 4.39. The first-order chi connectivity index (χ1) is 16.5. The number of rotatable bonds is 5. The topological polar surface area (TPSA) is 93.4 Å². The molecule has 0 spiro atoms. The lowest BCUT2D eigenvalue weighted by molar-refractivity contribution is 0.778. The van der Waals surface area contributed by atoms with Gasteiger partial charge < -0.3 is 14.9 Å². The second-order valence-corrected chi connectivity index (χ2v) is 8.92. The van der Waals surface area contributed by atoms with Gasteiger partial charge in [0.15, 0.2) is 5.82 Å². The molecule has 0 amide bonds. The van der Waals surface area contributed by atoms with Crippen molar-refractivity contribution in [3.8, 4) is 17.1 Å². The summed E-state index contributed by atoms with van der Waals surface area (Å²) in [6.07, 6.45) is 6.31. The molecule has 3 aromatic heterocycles. The quantitative estimate of drug-likeness (QED) is 0.402. The molecule has 6 rings (SSSR count). The summed E-state index contributed by atoms with van der Waals surface area (Å²) in [4.78, 5) is 24.2. The van der Waals surface area contributed by atoms with E-state index in [-0.39, 0.29) is 5.56 Å². The third kappa shape index (κ3) is 3.48. The minimum absolute atomic E-state index is 0.0915. The summed E-state index contributed by atoms with van der Waals surface area (Å²) in [6, 6.07) is 13.9. The number of pyridine rings is 1. The van der Waals surface area contributed by atoms with Crippen molar-refractivity contribution in [1.82, 2.24) is 29.3 Å². The van der Waals surface area contributed by atoms with Crippen molar-refractivity contribution in [2.24, 2.45) is 7.05 Å². The van der Waals surface area contributed by atoms with Gasteiger partial charge in [0.1, 0.15) is 5.82 Å². The smallest absolute Gasteiger partial charge is 0.255 e. The fraction of sp³-hybridized carbons (Fsp3) is 0.231. The van der Waals surface area contributed by atoms with Crippen LogP contribution in [0.4, 0.5) is 11.6 Å². The fourth-order valence-corrected chi connectivity index (χ4v) is 4.39. The number of aryl methyl sites for hydroxylation is 3. The number of aromatic nitrogens is 6. The molecule has 3 heterocycles. The van der Waals surface area contributed by atoms with E-state index < -0.39 is 0 Å². The van der Waals surface area contributed by atoms with Gasteiger partial charge in [-0.3, -0.25) is 4.79 Å². The summed E-state index contributed by atoms with van der Waals surface area (Å²) in [6.45, 7) is 4.04. The number of fused-ring (bicyclic) bond motifs is 1. The molecule has 2 N–H and O–H groups in total. The second-order valence-electron chi connectivity index (χ2n) is 8.92. The maximum Gasteiger partial charge on any atom is 0.255 e. The molecule has 0 atom stereocenters. The van der Waals surface area contributed by atoms with Crippen LogP contribution in [0.5, 0.6) is 0 Å². The Kier molecular flexibility index (Phi) is 4.62. The summed E-state index contributed by atoms with van der Waals surface area (Å²) in [5.41, 5.74) is 4.99. The van der Waals surface area contributed by atoms with Crippen molar-refractivity contribution in [2.45, 2.75) is 32.6 Å². The van der Waals surface area contributed by atoms with E-state index in [0.29, 0.717) is 23.1 Å². The van der Waals surface area contributed by atoms with Crippen molar-refractivity contribution in [3.05, 3.63) is 82.3 Å². The van der Waals surface area contributed by atoms with Crippen LogP contribution >= 0.6 is 0 Å². The maximum atomic E-state index is 12.1. The molecule has 2 aromatic carbocycles. The highest BCUT2D eigenvalue weighted by atomic mass is 16.1. The Hall–Kier alpha value is -4.20. The Balaban J connectivity index is 1.27. The molecule has 5 aromatic rings. The van der Waals surface area contributed by atoms with E-state index in [1.54, 1.807) is 10.9 Å². The zero-order valence-corrected chi connectivity index (χ0v) is 19.3. The Morgan fingerprint density at radius 3 is 2.56 bits per heavy atom. The SMILES string of the molecule is Cc1c(Nc2nc(-c3ccc(-n4cc(C5CC5)nc4C)cc3)nn2C)ccc2c(=O)[nH]ccc12. The summed E-state index contributed by atoms with van der Waals surface area (Å²) in [5, 5.41) is 9.56. The average molecular weight is 452 g/mol. The highest BCUT2D eigenvalue weighted by molar-refractivity contribution is 5.89. The summed E-state index contributed by atoms with van der Waals surface area (Å²) >= 11 is 0. The highest BCUT2D eigenvalue weighted by Gasteiger charge is 2.26. The number of hydrogen-bond acceptors (Lipinski definition) is 5. The molecule has 1 fully saturated rings. The third-order valence-corrected chi connectivity index (χ3v) is 6.53. The van der Waals surface area contributed by atoms with Crippen molar-refractivity contribution in [2.75, 3.05) is 5.32 Å². The Labute approximate surface area is 196 Å². The van der Waals surface area contributed by atoms with E-state index in [2.05, 4.69) is 38.3 Å². The van der Waals surface area contributed by atoms with Crippen molar-refractivity contribution in [3.63, 3.8) is 0 Å². The molecule has 0 unspecified atom stereocenters. The number of nitrogens with one attached hydrogen (secondary N) is 2. The number of aromatic amines is 1. The molecule has 0 aliphatic heterocycles. The lowest BCUT2D eigenvalue weighted by Gasteiger charge is -2.10. The van der Waals surface area contributed by atoms with Crippen LogP contribution in [0.1, 0.15) is 35.8 Å². The average Bonchev–Trinajstić information content (AvgIpc) is 3.52. The number of H-pyrrole nitrogens is 1. The Morgan fingerprint density at radius 2 is 1.79 bits per heavy atom. The van der Waals surface area contributed by atoms with Gasteiger partial charge in [-0.05, 0) is 80.1 Å². The minimum Gasteiger partial charge on any atom is -0.329 e. The zero-order chi connectivity index (χ0) is 23.4. The van der Waals surface area contributed by atoms with Crippen molar-refractivity contribution >= 4 is 22.4 Å². The Bertz CT molecular complexity index is 1590. The summed E-state index contributed by atoms with van der Waals surface area (Å²) < 4.78 is 3.87. The van der Waals surface area contributed by atoms with Gasteiger partial charge in [0.05, 0.1) is 5.69 Å². The van der Waals surface area contributed by atoms with Gasteiger partial charge in [-0.15, -0.1) is 5.10 Å². The van der Waals surface area contributed by atoms with Gasteiger partial charge in [0, 0.05) is 47.7 Å². The van der Waals surface area contributed by atoms with E-state index in [0.717, 1.165) is 33.7 Å². The predicted molar refractivity (Wildman–Crippen MR) is 133 cm³/mol. The van der Waals surface area contributed by atoms with Crippen molar-refractivity contribution in [1.29, 1.82) is 0 Å². The lowest BCUT2D eigenvalue weighted by atomic mass is 10.1. The van der Waals surface area contributed by atoms with Crippen LogP contribution in [-0.2, 0) is 7.05 Å². The van der Waals surface area contributed by atoms with E-state index in [1.807, 2.05) is 51.2 Å². The largest absolute Gasteiger partial charge is 0.329 e. The molecule has 1 aliphatic rings. The van der Waals surface area contributed by atoms with E-state index >= 15 is 0 Å². The van der Waals surface area contributed by atoms with Crippen molar-refractivity contribution < 1.29 is 0 Å². The molecule has 0 saturated heterocycles. The maximum absolute atomic E-state index is 12.1. The van der Waals surface area contributed by atoms with E-state index in [9.17, 15) is 4.79 Å². The molecule has 34 heavy (non-hydrogen) atoms. The zero-order valence-electron chi connectivity index (χ0n) is 19.3. The standard InChI is InChI=1S/C26H25N7O/c1-15-20-12-13-27-25(34)21(20)10-11-22(15)29-26-30-24(31-32(26)3)18-6-8-19(9-7-18)33-14-23(17-4-5-17)28-16(33)2/h6-14,17H,4-5H2,1-3H3,(H,27,34)(H,29,30,31). The second kappa shape index (κ2) is 7.69. The van der Waals surface area contributed by atoms with Crippen LogP contribution in [0, 0.1) is 13.8 Å². The first-order valence-electron chi connectivity index (χ1n) is 11.4. The molecular formula is C26H25N7O. The summed E-state index contributed by atoms with van der Waals surface area (Å²) in [7, 11) is 1.86. The molecule has 0 radical (unpaired) electrons. The van der Waals surface area contributed by atoms with Crippen LogP contribution in [0.2, 0.25) is 0 Å². The lowest BCUT2D eigenvalue weighted by Crippen LogP contribution is -2.06. The van der Waals surface area contributed by atoms with Crippen LogP contribution < -0.4 is 10.9 Å². The van der Waals surface area contributed by atoms with Gasteiger partial charge in [0.2, 0.25) is 5.95 Å². The number of anilines is 2. The molecule has 0 bridgehead atoms. The Morgan fingerprint density at radius 1 is 1.00 bits per heavy atom.